The number of fused-ring (bicyclic) bond motifs is 3. The minimum Gasteiger partial charge on any atom is -0.356 e. The van der Waals surface area contributed by atoms with Gasteiger partial charge in [0.15, 0.2) is 4.77 Å². The van der Waals surface area contributed by atoms with Gasteiger partial charge in [-0.25, -0.2) is 0 Å². The second-order valence-electron chi connectivity index (χ2n) is 5.15. The summed E-state index contributed by atoms with van der Waals surface area (Å²) in [6.07, 6.45) is 3.40. The van der Waals surface area contributed by atoms with Crippen molar-refractivity contribution in [1.82, 2.24) is 14.9 Å². The number of hydrogen-bond donors (Lipinski definition) is 2. The normalized spacial score (nSPS) is 13.6. The molecule has 2 aromatic rings. The van der Waals surface area contributed by atoms with E-state index in [2.05, 4.69) is 10.3 Å². The number of thiophene rings is 1. The molecule has 1 aliphatic carbocycles. The van der Waals surface area contributed by atoms with Crippen LogP contribution in [0.5, 0.6) is 0 Å². The molecule has 21 heavy (non-hydrogen) atoms. The lowest BCUT2D eigenvalue weighted by atomic mass is 10.2. The first-order valence-electron chi connectivity index (χ1n) is 7.16. The van der Waals surface area contributed by atoms with E-state index in [1.165, 1.54) is 15.0 Å². The second-order valence-corrected chi connectivity index (χ2v) is 6.64. The Hall–Kier alpha value is -1.47. The Morgan fingerprint density at radius 1 is 1.48 bits per heavy atom. The number of aromatic nitrogens is 2. The molecule has 2 aromatic heterocycles. The number of aromatic amines is 1. The van der Waals surface area contributed by atoms with Crippen LogP contribution in [0.3, 0.4) is 0 Å². The zero-order chi connectivity index (χ0) is 15.0. The van der Waals surface area contributed by atoms with Crippen molar-refractivity contribution in [3.05, 3.63) is 25.6 Å². The fourth-order valence-corrected chi connectivity index (χ4v) is 4.43. The SMILES string of the molecule is CCNC(=O)CCn1c(=S)[nH]c2sc3c(c2c1=O)CCC3. The van der Waals surface area contributed by atoms with Crippen molar-refractivity contribution in [2.24, 2.45) is 0 Å². The number of nitrogens with one attached hydrogen (secondary N) is 2. The largest absolute Gasteiger partial charge is 0.356 e. The lowest BCUT2D eigenvalue weighted by Crippen LogP contribution is -2.28. The topological polar surface area (TPSA) is 66.9 Å². The van der Waals surface area contributed by atoms with Crippen LogP contribution < -0.4 is 10.9 Å². The number of hydrogen-bond acceptors (Lipinski definition) is 4. The molecule has 0 saturated carbocycles. The molecule has 0 aromatic carbocycles. The summed E-state index contributed by atoms with van der Waals surface area (Å²) >= 11 is 6.91. The molecule has 3 rings (SSSR count). The van der Waals surface area contributed by atoms with Gasteiger partial charge in [0.25, 0.3) is 5.56 Å². The number of aryl methyl sites for hydroxylation is 2. The van der Waals surface area contributed by atoms with Crippen molar-refractivity contribution in [3.8, 4) is 0 Å². The van der Waals surface area contributed by atoms with Gasteiger partial charge in [-0.15, -0.1) is 11.3 Å². The van der Waals surface area contributed by atoms with Crippen molar-refractivity contribution in [3.63, 3.8) is 0 Å². The van der Waals surface area contributed by atoms with E-state index in [1.54, 1.807) is 11.3 Å². The molecule has 0 radical (unpaired) electrons. The smallest absolute Gasteiger partial charge is 0.263 e. The van der Waals surface area contributed by atoms with Gasteiger partial charge in [-0.2, -0.15) is 0 Å². The summed E-state index contributed by atoms with van der Waals surface area (Å²) in [5, 5.41) is 3.51. The molecule has 0 spiro atoms. The Bertz CT molecular complexity index is 816. The molecule has 0 saturated heterocycles. The van der Waals surface area contributed by atoms with Crippen LogP contribution >= 0.6 is 23.6 Å². The molecule has 0 aliphatic heterocycles. The first-order chi connectivity index (χ1) is 10.1. The fraction of sp³-hybridized carbons (Fsp3) is 0.500. The van der Waals surface area contributed by atoms with E-state index in [-0.39, 0.29) is 17.9 Å². The van der Waals surface area contributed by atoms with Crippen molar-refractivity contribution < 1.29 is 4.79 Å². The quantitative estimate of drug-likeness (QED) is 0.847. The van der Waals surface area contributed by atoms with E-state index in [0.717, 1.165) is 29.5 Å². The number of amides is 1. The molecule has 7 heteroatoms. The first kappa shape index (κ1) is 14.5. The Kier molecular flexibility index (Phi) is 3.95. The van der Waals surface area contributed by atoms with Crippen LogP contribution in [0.2, 0.25) is 0 Å². The summed E-state index contributed by atoms with van der Waals surface area (Å²) in [7, 11) is 0. The maximum atomic E-state index is 12.7. The van der Waals surface area contributed by atoms with E-state index in [4.69, 9.17) is 12.2 Å². The molecular weight excluding hydrogens is 306 g/mol. The van der Waals surface area contributed by atoms with Crippen LogP contribution in [-0.2, 0) is 24.2 Å². The highest BCUT2D eigenvalue weighted by Gasteiger charge is 2.21. The Morgan fingerprint density at radius 2 is 2.29 bits per heavy atom. The van der Waals surface area contributed by atoms with E-state index in [9.17, 15) is 9.59 Å². The van der Waals surface area contributed by atoms with Crippen LogP contribution in [0.4, 0.5) is 0 Å². The number of H-pyrrole nitrogens is 1. The Morgan fingerprint density at radius 3 is 3.05 bits per heavy atom. The van der Waals surface area contributed by atoms with Gasteiger partial charge in [-0.3, -0.25) is 14.2 Å². The fourth-order valence-electron chi connectivity index (χ4n) is 2.81. The van der Waals surface area contributed by atoms with Crippen molar-refractivity contribution in [2.45, 2.75) is 39.2 Å². The van der Waals surface area contributed by atoms with Gasteiger partial charge in [0.2, 0.25) is 5.91 Å². The van der Waals surface area contributed by atoms with Crippen LogP contribution in [0.15, 0.2) is 4.79 Å². The molecule has 0 atom stereocenters. The van der Waals surface area contributed by atoms with Gasteiger partial charge in [0.1, 0.15) is 4.83 Å². The second kappa shape index (κ2) is 5.73. The van der Waals surface area contributed by atoms with E-state index in [0.29, 0.717) is 17.9 Å². The highest BCUT2D eigenvalue weighted by Crippen LogP contribution is 2.34. The van der Waals surface area contributed by atoms with Gasteiger partial charge in [0, 0.05) is 24.4 Å². The number of carbonyl (C=O) groups is 1. The van der Waals surface area contributed by atoms with Crippen LogP contribution in [0.25, 0.3) is 10.2 Å². The molecule has 2 heterocycles. The van der Waals surface area contributed by atoms with Crippen molar-refractivity contribution in [2.75, 3.05) is 6.54 Å². The lowest BCUT2D eigenvalue weighted by molar-refractivity contribution is -0.121. The van der Waals surface area contributed by atoms with Crippen LogP contribution in [-0.4, -0.2) is 22.0 Å². The standard InChI is InChI=1S/C14H17N3O2S2/c1-2-15-10(18)6-7-17-13(19)11-8-4-3-5-9(8)21-12(11)16-14(17)20/h2-7H2,1H3,(H,15,18)(H,16,20). The Balaban J connectivity index is 2.01. The molecule has 0 fully saturated rings. The average molecular weight is 323 g/mol. The highest BCUT2D eigenvalue weighted by molar-refractivity contribution is 7.71. The average Bonchev–Trinajstić information content (AvgIpc) is 2.98. The molecule has 1 aliphatic rings. The summed E-state index contributed by atoms with van der Waals surface area (Å²) in [6, 6.07) is 0. The zero-order valence-corrected chi connectivity index (χ0v) is 13.5. The Labute approximate surface area is 131 Å². The molecular formula is C14H17N3O2S2. The predicted octanol–water partition coefficient (Wildman–Crippen LogP) is 2.14. The van der Waals surface area contributed by atoms with Crippen LogP contribution in [0, 0.1) is 4.77 Å². The summed E-state index contributed by atoms with van der Waals surface area (Å²) in [6.45, 7) is 2.79. The highest BCUT2D eigenvalue weighted by atomic mass is 32.1. The third-order valence-corrected chi connectivity index (χ3v) is 5.31. The molecule has 0 bridgehead atoms. The van der Waals surface area contributed by atoms with Gasteiger partial charge in [-0.1, -0.05) is 0 Å². The minimum atomic E-state index is -0.0607. The van der Waals surface area contributed by atoms with E-state index >= 15 is 0 Å². The monoisotopic (exact) mass is 323 g/mol. The summed E-state index contributed by atoms with van der Waals surface area (Å²) in [4.78, 5) is 29.6. The van der Waals surface area contributed by atoms with Gasteiger partial charge in [0.05, 0.1) is 5.39 Å². The third-order valence-electron chi connectivity index (χ3n) is 3.78. The van der Waals surface area contributed by atoms with E-state index < -0.39 is 0 Å². The van der Waals surface area contributed by atoms with E-state index in [1.807, 2.05) is 6.92 Å². The van der Waals surface area contributed by atoms with Gasteiger partial charge in [-0.05, 0) is 44.0 Å². The predicted molar refractivity (Wildman–Crippen MR) is 86.6 cm³/mol. The summed E-state index contributed by atoms with van der Waals surface area (Å²) in [5.74, 6) is -0.0607. The number of nitrogens with zero attached hydrogens (tertiary/aromatic N) is 1. The third kappa shape index (κ3) is 2.55. The maximum Gasteiger partial charge on any atom is 0.263 e. The first-order valence-corrected chi connectivity index (χ1v) is 8.38. The minimum absolute atomic E-state index is 0.0579. The lowest BCUT2D eigenvalue weighted by Gasteiger charge is -2.07. The molecule has 1 amide bonds. The van der Waals surface area contributed by atoms with Gasteiger partial charge < -0.3 is 10.3 Å². The van der Waals surface area contributed by atoms with Gasteiger partial charge >= 0.3 is 0 Å². The maximum absolute atomic E-state index is 12.7. The molecule has 0 unspecified atom stereocenters. The van der Waals surface area contributed by atoms with Crippen molar-refractivity contribution >= 4 is 39.7 Å². The van der Waals surface area contributed by atoms with Crippen molar-refractivity contribution in [1.29, 1.82) is 0 Å². The molecule has 2 N–H and O–H groups in total. The summed E-state index contributed by atoms with van der Waals surface area (Å²) < 4.78 is 1.91. The molecule has 5 nitrogen and oxygen atoms in total. The molecule has 112 valence electrons. The summed E-state index contributed by atoms with van der Waals surface area (Å²) in [5.41, 5.74) is 1.12. The zero-order valence-electron chi connectivity index (χ0n) is 11.8. The van der Waals surface area contributed by atoms with Crippen LogP contribution in [0.1, 0.15) is 30.2 Å². The number of rotatable bonds is 4. The number of carbonyl (C=O) groups excluding carboxylic acids is 1.